The fourth-order valence-corrected chi connectivity index (χ4v) is 1.54. The smallest absolute Gasteiger partial charge is 0.416 e. The maximum absolute atomic E-state index is 12.3. The van der Waals surface area contributed by atoms with E-state index in [0.29, 0.717) is 0 Å². The molecule has 7 heteroatoms. The van der Waals surface area contributed by atoms with Crippen LogP contribution < -0.4 is 0 Å². The molecule has 18 heavy (non-hydrogen) atoms. The molecular weight excluding hydrogens is 251 g/mol. The largest absolute Gasteiger partial charge is 0.447 e. The minimum Gasteiger partial charge on any atom is -0.447 e. The standard InChI is InChI=1S/C11H8F3NO3/c12-11(13,14)8-3-1-7(2-4-8)9(16)15-5-6-18-10(15)17/h1-4H,5-6H2. The first kappa shape index (κ1) is 12.4. The van der Waals surface area contributed by atoms with Crippen LogP contribution in [-0.4, -0.2) is 30.1 Å². The molecule has 1 aromatic rings. The van der Waals surface area contributed by atoms with Crippen molar-refractivity contribution in [1.29, 1.82) is 0 Å². The van der Waals surface area contributed by atoms with Crippen LogP contribution in [0.25, 0.3) is 0 Å². The van der Waals surface area contributed by atoms with Crippen molar-refractivity contribution in [3.8, 4) is 0 Å². The zero-order chi connectivity index (χ0) is 13.3. The van der Waals surface area contributed by atoms with Crippen LogP contribution in [0.1, 0.15) is 15.9 Å². The third-order valence-electron chi connectivity index (χ3n) is 2.47. The highest BCUT2D eigenvalue weighted by atomic mass is 19.4. The molecule has 1 aliphatic rings. The van der Waals surface area contributed by atoms with Gasteiger partial charge in [-0.15, -0.1) is 0 Å². The third kappa shape index (κ3) is 2.29. The van der Waals surface area contributed by atoms with Gasteiger partial charge < -0.3 is 4.74 Å². The summed E-state index contributed by atoms with van der Waals surface area (Å²) < 4.78 is 41.5. The summed E-state index contributed by atoms with van der Waals surface area (Å²) in [6.07, 6.45) is -5.23. The Labute approximate surface area is 99.9 Å². The number of alkyl halides is 3. The van der Waals surface area contributed by atoms with E-state index in [1.54, 1.807) is 0 Å². The fourth-order valence-electron chi connectivity index (χ4n) is 1.54. The number of cyclic esters (lactones) is 1. The number of hydrogen-bond acceptors (Lipinski definition) is 3. The van der Waals surface area contributed by atoms with Gasteiger partial charge in [-0.2, -0.15) is 13.2 Å². The minimum absolute atomic E-state index is 0.0156. The Hall–Kier alpha value is -2.05. The lowest BCUT2D eigenvalue weighted by Gasteiger charge is -2.11. The highest BCUT2D eigenvalue weighted by Crippen LogP contribution is 2.29. The van der Waals surface area contributed by atoms with E-state index >= 15 is 0 Å². The van der Waals surface area contributed by atoms with Gasteiger partial charge in [-0.3, -0.25) is 4.79 Å². The first-order chi connectivity index (χ1) is 8.39. The maximum atomic E-state index is 12.3. The second-order valence-electron chi connectivity index (χ2n) is 3.65. The number of nitrogens with zero attached hydrogens (tertiary/aromatic N) is 1. The first-order valence-corrected chi connectivity index (χ1v) is 5.05. The molecule has 0 N–H and O–H groups in total. The summed E-state index contributed by atoms with van der Waals surface area (Å²) in [6.45, 7) is 0.212. The van der Waals surface area contributed by atoms with Crippen molar-refractivity contribution >= 4 is 12.0 Å². The molecule has 0 bridgehead atoms. The first-order valence-electron chi connectivity index (χ1n) is 5.05. The molecule has 1 fully saturated rings. The van der Waals surface area contributed by atoms with E-state index in [-0.39, 0.29) is 18.7 Å². The number of hydrogen-bond donors (Lipinski definition) is 0. The normalized spacial score (nSPS) is 15.7. The van der Waals surface area contributed by atoms with Gasteiger partial charge in [-0.1, -0.05) is 0 Å². The van der Waals surface area contributed by atoms with Gasteiger partial charge in [0.15, 0.2) is 0 Å². The molecule has 0 radical (unpaired) electrons. The van der Waals surface area contributed by atoms with E-state index in [4.69, 9.17) is 0 Å². The number of amides is 2. The summed E-state index contributed by atoms with van der Waals surface area (Å²) in [5.41, 5.74) is -0.829. The van der Waals surface area contributed by atoms with E-state index in [1.165, 1.54) is 0 Å². The van der Waals surface area contributed by atoms with Crippen molar-refractivity contribution in [3.05, 3.63) is 35.4 Å². The maximum Gasteiger partial charge on any atom is 0.416 e. The van der Waals surface area contributed by atoms with Crippen molar-refractivity contribution in [2.24, 2.45) is 0 Å². The summed E-state index contributed by atoms with van der Waals surface area (Å²) in [6, 6.07) is 3.68. The van der Waals surface area contributed by atoms with Crippen molar-refractivity contribution in [2.45, 2.75) is 6.18 Å². The number of rotatable bonds is 1. The van der Waals surface area contributed by atoms with Crippen LogP contribution in [-0.2, 0) is 10.9 Å². The highest BCUT2D eigenvalue weighted by Gasteiger charge is 2.32. The Bertz CT molecular complexity index is 481. The molecule has 2 rings (SSSR count). The van der Waals surface area contributed by atoms with E-state index in [2.05, 4.69) is 4.74 Å². The van der Waals surface area contributed by atoms with Gasteiger partial charge >= 0.3 is 12.3 Å². The van der Waals surface area contributed by atoms with Crippen LogP contribution in [0, 0.1) is 0 Å². The SMILES string of the molecule is O=C1OCCN1C(=O)c1ccc(C(F)(F)F)cc1. The molecule has 0 unspecified atom stereocenters. The highest BCUT2D eigenvalue weighted by molar-refractivity contribution is 6.03. The van der Waals surface area contributed by atoms with Gasteiger partial charge in [-0.25, -0.2) is 9.69 Å². The Kier molecular flexibility index (Phi) is 2.98. The molecule has 0 atom stereocenters. The van der Waals surface area contributed by atoms with Crippen molar-refractivity contribution in [1.82, 2.24) is 4.90 Å². The van der Waals surface area contributed by atoms with Crippen LogP contribution in [0.15, 0.2) is 24.3 Å². The number of benzene rings is 1. The molecule has 1 aromatic carbocycles. The molecular formula is C11H8F3NO3. The Balaban J connectivity index is 2.19. The van der Waals surface area contributed by atoms with Gasteiger partial charge in [0.05, 0.1) is 12.1 Å². The number of imide groups is 1. The Morgan fingerprint density at radius 3 is 2.28 bits per heavy atom. The summed E-state index contributed by atoms with van der Waals surface area (Å²) in [5.74, 6) is -0.661. The predicted octanol–water partition coefficient (Wildman–Crippen LogP) is 2.30. The van der Waals surface area contributed by atoms with E-state index in [1.807, 2.05) is 0 Å². The van der Waals surface area contributed by atoms with Crippen LogP contribution in [0.2, 0.25) is 0 Å². The number of ether oxygens (including phenoxy) is 1. The summed E-state index contributed by atoms with van der Waals surface area (Å²) in [7, 11) is 0. The van der Waals surface area contributed by atoms with Crippen LogP contribution in [0.4, 0.5) is 18.0 Å². The molecule has 1 saturated heterocycles. The fraction of sp³-hybridized carbons (Fsp3) is 0.273. The zero-order valence-corrected chi connectivity index (χ0v) is 9.03. The molecule has 96 valence electrons. The van der Waals surface area contributed by atoms with Gasteiger partial charge in [0.25, 0.3) is 5.91 Å². The minimum atomic E-state index is -4.45. The summed E-state index contributed by atoms with van der Waals surface area (Å²) in [4.78, 5) is 23.7. The zero-order valence-electron chi connectivity index (χ0n) is 9.03. The molecule has 1 heterocycles. The molecule has 2 amide bonds. The Morgan fingerprint density at radius 2 is 1.83 bits per heavy atom. The monoisotopic (exact) mass is 259 g/mol. The second-order valence-corrected chi connectivity index (χ2v) is 3.65. The van der Waals surface area contributed by atoms with Gasteiger partial charge in [0.1, 0.15) is 6.61 Å². The van der Waals surface area contributed by atoms with Gasteiger partial charge in [0, 0.05) is 5.56 Å². The Morgan fingerprint density at radius 1 is 1.22 bits per heavy atom. The molecule has 0 aromatic heterocycles. The van der Waals surface area contributed by atoms with Crippen LogP contribution in [0.5, 0.6) is 0 Å². The number of carbonyl (C=O) groups is 2. The second kappa shape index (κ2) is 4.32. The molecule has 0 saturated carbocycles. The molecule has 4 nitrogen and oxygen atoms in total. The average Bonchev–Trinajstić information content (AvgIpc) is 2.73. The summed E-state index contributed by atoms with van der Waals surface area (Å²) in [5, 5.41) is 0. The van der Waals surface area contributed by atoms with Crippen molar-refractivity contribution < 1.29 is 27.5 Å². The lowest BCUT2D eigenvalue weighted by molar-refractivity contribution is -0.137. The lowest BCUT2D eigenvalue weighted by atomic mass is 10.1. The third-order valence-corrected chi connectivity index (χ3v) is 2.47. The lowest BCUT2D eigenvalue weighted by Crippen LogP contribution is -2.31. The van der Waals surface area contributed by atoms with Gasteiger partial charge in [0.2, 0.25) is 0 Å². The van der Waals surface area contributed by atoms with E-state index in [0.717, 1.165) is 29.2 Å². The molecule has 0 spiro atoms. The van der Waals surface area contributed by atoms with Crippen molar-refractivity contribution in [2.75, 3.05) is 13.2 Å². The summed E-state index contributed by atoms with van der Waals surface area (Å²) >= 11 is 0. The van der Waals surface area contributed by atoms with Crippen LogP contribution in [0.3, 0.4) is 0 Å². The van der Waals surface area contributed by atoms with E-state index < -0.39 is 23.7 Å². The number of carbonyl (C=O) groups excluding carboxylic acids is 2. The van der Waals surface area contributed by atoms with Gasteiger partial charge in [-0.05, 0) is 24.3 Å². The average molecular weight is 259 g/mol. The van der Waals surface area contributed by atoms with Crippen LogP contribution >= 0.6 is 0 Å². The van der Waals surface area contributed by atoms with Crippen molar-refractivity contribution in [3.63, 3.8) is 0 Å². The molecule has 0 aliphatic carbocycles. The van der Waals surface area contributed by atoms with E-state index in [9.17, 15) is 22.8 Å². The number of halogens is 3. The topological polar surface area (TPSA) is 46.6 Å². The quantitative estimate of drug-likeness (QED) is 0.777. The molecule has 1 aliphatic heterocycles. The predicted molar refractivity (Wildman–Crippen MR) is 53.8 cm³/mol.